The first-order chi connectivity index (χ1) is 2.56. The minimum atomic E-state index is -3.93. The Balaban J connectivity index is 3.17. The van der Waals surface area contributed by atoms with E-state index in [1.165, 1.54) is 0 Å². The van der Waals surface area contributed by atoms with Gasteiger partial charge in [-0.25, -0.2) is 0 Å². The molecule has 0 aromatic heterocycles. The van der Waals surface area contributed by atoms with Crippen molar-refractivity contribution in [3.63, 3.8) is 0 Å². The van der Waals surface area contributed by atoms with Gasteiger partial charge in [-0.3, -0.25) is 0 Å². The van der Waals surface area contributed by atoms with Crippen molar-refractivity contribution < 1.29 is 13.2 Å². The molecule has 0 bridgehead atoms. The third kappa shape index (κ3) is 4.22. The monoisotopic (exact) mass is 116 g/mol. The summed E-state index contributed by atoms with van der Waals surface area (Å²) in [7, 11) is -0.933. The van der Waals surface area contributed by atoms with E-state index in [1.807, 2.05) is 0 Å². The summed E-state index contributed by atoms with van der Waals surface area (Å²) >= 11 is 0. The van der Waals surface area contributed by atoms with Crippen molar-refractivity contribution in [3.05, 3.63) is 0 Å². The number of hydrogen-bond acceptors (Lipinski definition) is 0. The Bertz CT molecular complexity index is 38.5. The molecule has 1 unspecified atom stereocenters. The maximum atomic E-state index is 10.8. The molecule has 0 N–H and O–H groups in total. The summed E-state index contributed by atoms with van der Waals surface area (Å²) in [5, 5.41) is 0. The summed E-state index contributed by atoms with van der Waals surface area (Å²) < 4.78 is 32.4. The van der Waals surface area contributed by atoms with E-state index in [9.17, 15) is 13.2 Å². The minimum Gasteiger partial charge on any atom is -0.167 e. The fourth-order valence-electron chi connectivity index (χ4n) is 0. The Morgan fingerprint density at radius 1 is 1.33 bits per heavy atom. The van der Waals surface area contributed by atoms with E-state index >= 15 is 0 Å². The number of halogens is 3. The smallest absolute Gasteiger partial charge is 0.167 e. The van der Waals surface area contributed by atoms with Crippen LogP contribution in [0.15, 0.2) is 0 Å². The van der Waals surface area contributed by atoms with Gasteiger partial charge in [-0.1, -0.05) is 0 Å². The average molecular weight is 116 g/mol. The molecule has 0 nitrogen and oxygen atoms in total. The normalized spacial score (nSPS) is 14.0. The molecule has 4 heteroatoms. The van der Waals surface area contributed by atoms with Gasteiger partial charge in [0.25, 0.3) is 0 Å². The van der Waals surface area contributed by atoms with E-state index in [4.69, 9.17) is 0 Å². The van der Waals surface area contributed by atoms with Crippen LogP contribution >= 0.6 is 8.58 Å². The van der Waals surface area contributed by atoms with Gasteiger partial charge in [0, 0.05) is 0 Å². The topological polar surface area (TPSA) is 0 Å². The molecule has 1 atom stereocenters. The molecule has 0 amide bonds. The van der Waals surface area contributed by atoms with E-state index < -0.39 is 14.5 Å². The van der Waals surface area contributed by atoms with E-state index in [0.29, 0.717) is 0 Å². The first kappa shape index (κ1) is 6.22. The van der Waals surface area contributed by atoms with Crippen LogP contribution in [-0.2, 0) is 0 Å². The SMILES string of the molecule is CPC(F)(F)F. The highest BCUT2D eigenvalue weighted by Crippen LogP contribution is 2.32. The molecule has 0 saturated heterocycles. The summed E-state index contributed by atoms with van der Waals surface area (Å²) in [5.74, 6) is -3.93. The van der Waals surface area contributed by atoms with Crippen LogP contribution in [0.5, 0.6) is 0 Å². The summed E-state index contributed by atoms with van der Waals surface area (Å²) in [6.45, 7) is 1.11. The van der Waals surface area contributed by atoms with E-state index in [1.54, 1.807) is 0 Å². The number of alkyl halides is 3. The molecular formula is C2H4F3P. The quantitative estimate of drug-likeness (QED) is 0.423. The third-order valence-corrected chi connectivity index (χ3v) is 0.850. The van der Waals surface area contributed by atoms with Gasteiger partial charge in [-0.2, -0.15) is 13.2 Å². The molecule has 0 aliphatic carbocycles. The van der Waals surface area contributed by atoms with Crippen molar-refractivity contribution in [1.29, 1.82) is 0 Å². The maximum absolute atomic E-state index is 10.8. The van der Waals surface area contributed by atoms with Gasteiger partial charge >= 0.3 is 5.92 Å². The lowest BCUT2D eigenvalue weighted by atomic mass is 11.6. The van der Waals surface area contributed by atoms with E-state index in [0.717, 1.165) is 6.66 Å². The van der Waals surface area contributed by atoms with Crippen molar-refractivity contribution in [3.8, 4) is 0 Å². The standard InChI is InChI=1S/C2H4F3P/c1-6-2(3,4)5/h6H,1H3. The summed E-state index contributed by atoms with van der Waals surface area (Å²) in [6.07, 6.45) is 0. The molecule has 0 fully saturated rings. The van der Waals surface area contributed by atoms with Crippen LogP contribution in [0.3, 0.4) is 0 Å². The van der Waals surface area contributed by atoms with E-state index in [2.05, 4.69) is 0 Å². The first-order valence-corrected chi connectivity index (χ1v) is 2.82. The molecule has 0 rings (SSSR count). The zero-order valence-corrected chi connectivity index (χ0v) is 4.13. The summed E-state index contributed by atoms with van der Waals surface area (Å²) in [4.78, 5) is 0. The van der Waals surface area contributed by atoms with Crippen LogP contribution in [0.2, 0.25) is 0 Å². The number of hydrogen-bond donors (Lipinski definition) is 0. The zero-order valence-electron chi connectivity index (χ0n) is 3.13. The van der Waals surface area contributed by atoms with Gasteiger partial charge in [0.1, 0.15) is 0 Å². The molecule has 0 saturated carbocycles. The zero-order chi connectivity index (χ0) is 5.21. The predicted octanol–water partition coefficient (Wildman–Crippen LogP) is 1.81. The minimum absolute atomic E-state index is 0.933. The van der Waals surface area contributed by atoms with Gasteiger partial charge in [0.15, 0.2) is 0 Å². The highest BCUT2D eigenvalue weighted by atomic mass is 31.1. The second-order valence-electron chi connectivity index (χ2n) is 0.748. The molecule has 0 radical (unpaired) electrons. The molecule has 0 aromatic rings. The van der Waals surface area contributed by atoms with Gasteiger partial charge in [-0.15, -0.1) is 0 Å². The lowest BCUT2D eigenvalue weighted by molar-refractivity contribution is -0.0365. The Morgan fingerprint density at radius 2 is 1.50 bits per heavy atom. The van der Waals surface area contributed by atoms with E-state index in [-0.39, 0.29) is 0 Å². The molecule has 0 aromatic carbocycles. The third-order valence-electron chi connectivity index (χ3n) is 0.283. The van der Waals surface area contributed by atoms with Crippen LogP contribution in [0.25, 0.3) is 0 Å². The van der Waals surface area contributed by atoms with Gasteiger partial charge in [-0.05, 0) is 15.2 Å². The van der Waals surface area contributed by atoms with Crippen LogP contribution < -0.4 is 0 Å². The fourth-order valence-corrected chi connectivity index (χ4v) is 0. The molecule has 0 aliphatic rings. The second-order valence-corrected chi connectivity index (χ2v) is 1.81. The Labute approximate surface area is 35.5 Å². The molecule has 6 heavy (non-hydrogen) atoms. The van der Waals surface area contributed by atoms with Crippen molar-refractivity contribution >= 4 is 8.58 Å². The largest absolute Gasteiger partial charge is 0.402 e. The van der Waals surface area contributed by atoms with Crippen molar-refractivity contribution in [2.45, 2.75) is 5.92 Å². The van der Waals surface area contributed by atoms with Gasteiger partial charge in [0.2, 0.25) is 0 Å². The van der Waals surface area contributed by atoms with Crippen molar-refractivity contribution in [1.82, 2.24) is 0 Å². The lowest BCUT2D eigenvalue weighted by Gasteiger charge is -1.96. The first-order valence-electron chi connectivity index (χ1n) is 1.32. The second kappa shape index (κ2) is 1.78. The maximum Gasteiger partial charge on any atom is 0.402 e. The van der Waals surface area contributed by atoms with Gasteiger partial charge in [0.05, 0.1) is 0 Å². The molecule has 0 spiro atoms. The molecule has 38 valence electrons. The summed E-state index contributed by atoms with van der Waals surface area (Å²) in [6, 6.07) is 0. The molecule has 0 aliphatic heterocycles. The number of rotatable bonds is 0. The Morgan fingerprint density at radius 3 is 1.50 bits per heavy atom. The van der Waals surface area contributed by atoms with Crippen LogP contribution in [0.1, 0.15) is 0 Å². The highest BCUT2D eigenvalue weighted by molar-refractivity contribution is 7.38. The predicted molar refractivity (Wildman–Crippen MR) is 20.3 cm³/mol. The summed E-state index contributed by atoms with van der Waals surface area (Å²) in [5.41, 5.74) is 0. The fraction of sp³-hybridized carbons (Fsp3) is 1.00. The lowest BCUT2D eigenvalue weighted by Crippen LogP contribution is -1.93. The Kier molecular flexibility index (Phi) is 1.85. The molecular weight excluding hydrogens is 112 g/mol. The van der Waals surface area contributed by atoms with Crippen molar-refractivity contribution in [2.75, 3.05) is 6.66 Å². The average Bonchev–Trinajstić information content (AvgIpc) is 1.35. The van der Waals surface area contributed by atoms with Crippen LogP contribution in [-0.4, -0.2) is 12.6 Å². The van der Waals surface area contributed by atoms with Crippen molar-refractivity contribution in [2.24, 2.45) is 0 Å². The molecule has 0 heterocycles. The Hall–Kier alpha value is 0.220. The van der Waals surface area contributed by atoms with Gasteiger partial charge < -0.3 is 0 Å². The van der Waals surface area contributed by atoms with Crippen LogP contribution in [0, 0.1) is 0 Å². The highest BCUT2D eigenvalue weighted by Gasteiger charge is 2.22. The van der Waals surface area contributed by atoms with Crippen LogP contribution in [0.4, 0.5) is 13.2 Å².